The highest BCUT2D eigenvalue weighted by Gasteiger charge is 2.37. The van der Waals surface area contributed by atoms with Gasteiger partial charge >= 0.3 is 0 Å². The van der Waals surface area contributed by atoms with E-state index in [0.29, 0.717) is 17.5 Å². The number of aryl methyl sites for hydroxylation is 1. The number of likely N-dealkylation sites (tertiary alicyclic amines) is 2. The first-order valence-electron chi connectivity index (χ1n) is 14.9. The summed E-state index contributed by atoms with van der Waals surface area (Å²) in [5.74, 6) is 0.564. The predicted molar refractivity (Wildman–Crippen MR) is 163 cm³/mol. The van der Waals surface area contributed by atoms with Crippen molar-refractivity contribution in [2.45, 2.75) is 63.8 Å². The molecule has 0 bridgehead atoms. The van der Waals surface area contributed by atoms with Crippen molar-refractivity contribution in [2.75, 3.05) is 38.5 Å². The van der Waals surface area contributed by atoms with Gasteiger partial charge in [0.05, 0.1) is 5.92 Å². The van der Waals surface area contributed by atoms with Gasteiger partial charge in [-0.3, -0.25) is 19.5 Å². The van der Waals surface area contributed by atoms with E-state index >= 15 is 0 Å². The Balaban J connectivity index is 1.14. The third-order valence-corrected chi connectivity index (χ3v) is 9.06. The first-order chi connectivity index (χ1) is 19.5. The molecule has 40 heavy (non-hydrogen) atoms. The van der Waals surface area contributed by atoms with Crippen molar-refractivity contribution in [3.8, 4) is 0 Å². The number of nitrogens with zero attached hydrogens (tertiary/aromatic N) is 3. The maximum atomic E-state index is 13.4. The topological polar surface area (TPSA) is 91.0 Å². The summed E-state index contributed by atoms with van der Waals surface area (Å²) < 4.78 is 0. The number of amides is 2. The molecule has 2 aromatic rings. The Morgan fingerprint density at radius 2 is 1.62 bits per heavy atom. The van der Waals surface area contributed by atoms with Crippen molar-refractivity contribution in [3.63, 3.8) is 0 Å². The highest BCUT2D eigenvalue weighted by Crippen LogP contribution is 2.31. The molecule has 3 N–H and O–H groups in total. The van der Waals surface area contributed by atoms with Gasteiger partial charge in [-0.2, -0.15) is 0 Å². The van der Waals surface area contributed by atoms with Gasteiger partial charge in [0.1, 0.15) is 0 Å². The lowest BCUT2D eigenvalue weighted by atomic mass is 9.88. The Hall–Kier alpha value is -3.45. The van der Waals surface area contributed by atoms with Gasteiger partial charge in [-0.1, -0.05) is 49.6 Å². The second-order valence-electron chi connectivity index (χ2n) is 11.7. The minimum Gasteiger partial charge on any atom is -0.404 e. The maximum Gasteiger partial charge on any atom is 0.253 e. The normalized spacial score (nSPS) is 20.1. The van der Waals surface area contributed by atoms with Gasteiger partial charge in [-0.05, 0) is 67.3 Å². The van der Waals surface area contributed by atoms with E-state index in [1.807, 2.05) is 30.0 Å². The Bertz CT molecular complexity index is 1250. The summed E-state index contributed by atoms with van der Waals surface area (Å²) in [5, 5.41) is 3.13. The SMILES string of the molecule is CN=CC(=CN)c1ccc(C2CCN(C(=O)c3ccc(C)c(NC(=O)C4CN(C5CCCCC5)C4)c3)CC2)cc1. The zero-order valence-corrected chi connectivity index (χ0v) is 23.9. The minimum absolute atomic E-state index is 0.0338. The summed E-state index contributed by atoms with van der Waals surface area (Å²) in [5.41, 5.74) is 11.4. The second kappa shape index (κ2) is 12.8. The number of anilines is 1. The van der Waals surface area contributed by atoms with Crippen molar-refractivity contribution in [1.82, 2.24) is 9.80 Å². The predicted octanol–water partition coefficient (Wildman–Crippen LogP) is 5.22. The molecular weight excluding hydrogens is 498 g/mol. The maximum absolute atomic E-state index is 13.4. The lowest BCUT2D eigenvalue weighted by Gasteiger charge is -2.45. The van der Waals surface area contributed by atoms with Crippen LogP contribution in [0.1, 0.15) is 77.9 Å². The molecule has 2 heterocycles. The van der Waals surface area contributed by atoms with E-state index in [2.05, 4.69) is 39.5 Å². The molecule has 7 heteroatoms. The number of benzene rings is 2. The molecular formula is C33H43N5O2. The summed E-state index contributed by atoms with van der Waals surface area (Å²) in [6.45, 7) is 5.12. The molecule has 7 nitrogen and oxygen atoms in total. The lowest BCUT2D eigenvalue weighted by molar-refractivity contribution is -0.126. The van der Waals surface area contributed by atoms with Gasteiger partial charge in [-0.25, -0.2) is 0 Å². The van der Waals surface area contributed by atoms with Gasteiger partial charge in [0.15, 0.2) is 0 Å². The number of allylic oxidation sites excluding steroid dienone is 1. The number of rotatable bonds is 7. The molecule has 2 aromatic carbocycles. The molecule has 1 aliphatic carbocycles. The summed E-state index contributed by atoms with van der Waals surface area (Å²) in [6.07, 6.45) is 11.7. The molecule has 0 radical (unpaired) electrons. The fraction of sp³-hybridized carbons (Fsp3) is 0.485. The molecule has 3 fully saturated rings. The van der Waals surface area contributed by atoms with Crippen molar-refractivity contribution in [3.05, 3.63) is 70.9 Å². The monoisotopic (exact) mass is 541 g/mol. The smallest absolute Gasteiger partial charge is 0.253 e. The van der Waals surface area contributed by atoms with E-state index in [4.69, 9.17) is 5.73 Å². The highest BCUT2D eigenvalue weighted by molar-refractivity contribution is 6.09. The van der Waals surface area contributed by atoms with E-state index in [1.165, 1.54) is 37.7 Å². The quantitative estimate of drug-likeness (QED) is 0.471. The largest absolute Gasteiger partial charge is 0.404 e. The molecule has 0 atom stereocenters. The number of hydrogen-bond acceptors (Lipinski definition) is 5. The lowest BCUT2D eigenvalue weighted by Crippen LogP contribution is -2.56. The fourth-order valence-electron chi connectivity index (χ4n) is 6.45. The van der Waals surface area contributed by atoms with E-state index in [0.717, 1.165) is 61.4 Å². The Morgan fingerprint density at radius 3 is 2.27 bits per heavy atom. The Labute approximate surface area is 238 Å². The van der Waals surface area contributed by atoms with Gasteiger partial charge in [-0.15, -0.1) is 0 Å². The number of aliphatic imine (C=N–C) groups is 1. The zero-order valence-electron chi connectivity index (χ0n) is 23.9. The molecule has 212 valence electrons. The molecule has 2 saturated heterocycles. The number of carbonyl (C=O) groups is 2. The van der Waals surface area contributed by atoms with Crippen LogP contribution >= 0.6 is 0 Å². The van der Waals surface area contributed by atoms with Gasteiger partial charge in [0.25, 0.3) is 5.91 Å². The van der Waals surface area contributed by atoms with Crippen molar-refractivity contribution in [1.29, 1.82) is 0 Å². The Kier molecular flexibility index (Phi) is 9.00. The van der Waals surface area contributed by atoms with Crippen LogP contribution in [0.5, 0.6) is 0 Å². The fourth-order valence-corrected chi connectivity index (χ4v) is 6.45. The van der Waals surface area contributed by atoms with E-state index in [9.17, 15) is 9.59 Å². The number of hydrogen-bond donors (Lipinski definition) is 2. The van der Waals surface area contributed by atoms with Crippen LogP contribution in [0.2, 0.25) is 0 Å². The van der Waals surface area contributed by atoms with Gasteiger partial charge in [0.2, 0.25) is 5.91 Å². The van der Waals surface area contributed by atoms with Crippen LogP contribution in [0.25, 0.3) is 5.57 Å². The molecule has 1 saturated carbocycles. The molecule has 0 spiro atoms. The molecule has 5 rings (SSSR count). The first-order valence-corrected chi connectivity index (χ1v) is 14.9. The summed E-state index contributed by atoms with van der Waals surface area (Å²) in [4.78, 5) is 34.9. The summed E-state index contributed by atoms with van der Waals surface area (Å²) in [7, 11) is 1.74. The third kappa shape index (κ3) is 6.30. The van der Waals surface area contributed by atoms with Crippen LogP contribution in [0.3, 0.4) is 0 Å². The molecule has 0 unspecified atom stereocenters. The van der Waals surface area contributed by atoms with Crippen molar-refractivity contribution >= 4 is 29.3 Å². The average molecular weight is 542 g/mol. The minimum atomic E-state index is 0.0338. The summed E-state index contributed by atoms with van der Waals surface area (Å²) in [6, 6.07) is 14.9. The number of carbonyl (C=O) groups excluding carboxylic acids is 2. The number of piperidine rings is 1. The van der Waals surface area contributed by atoms with Crippen LogP contribution in [-0.4, -0.2) is 67.1 Å². The van der Waals surface area contributed by atoms with E-state index in [-0.39, 0.29) is 17.7 Å². The molecule has 2 amide bonds. The highest BCUT2D eigenvalue weighted by atomic mass is 16.2. The zero-order chi connectivity index (χ0) is 28.1. The molecule has 0 aromatic heterocycles. The van der Waals surface area contributed by atoms with Crippen LogP contribution in [-0.2, 0) is 4.79 Å². The van der Waals surface area contributed by atoms with Gasteiger partial charge in [0, 0.05) is 68.5 Å². The van der Waals surface area contributed by atoms with Crippen LogP contribution in [0.4, 0.5) is 5.69 Å². The summed E-state index contributed by atoms with van der Waals surface area (Å²) >= 11 is 0. The van der Waals surface area contributed by atoms with Crippen molar-refractivity contribution in [2.24, 2.45) is 16.6 Å². The standard InChI is InChI=1S/C33H43N5O2/c1-23-8-9-27(18-31(23)36-32(39)29-21-38(22-29)30-6-4-3-5-7-30)33(40)37-16-14-26(15-17-37)24-10-12-25(13-11-24)28(19-34)20-35-2/h8-13,18-20,26,29-30H,3-7,14-17,21-22,34H2,1-2H3,(H,36,39). The average Bonchev–Trinajstić information content (AvgIpc) is 2.97. The van der Waals surface area contributed by atoms with Crippen LogP contribution in [0, 0.1) is 12.8 Å². The van der Waals surface area contributed by atoms with Crippen LogP contribution < -0.4 is 11.1 Å². The first kappa shape index (κ1) is 28.1. The van der Waals surface area contributed by atoms with Crippen LogP contribution in [0.15, 0.2) is 53.7 Å². The molecule has 2 aliphatic heterocycles. The second-order valence-corrected chi connectivity index (χ2v) is 11.7. The van der Waals surface area contributed by atoms with Crippen molar-refractivity contribution < 1.29 is 9.59 Å². The van der Waals surface area contributed by atoms with E-state index in [1.54, 1.807) is 19.5 Å². The number of nitrogens with one attached hydrogen (secondary N) is 1. The molecule has 3 aliphatic rings. The van der Waals surface area contributed by atoms with Gasteiger partial charge < -0.3 is 16.0 Å². The number of nitrogens with two attached hydrogens (primary N) is 1. The van der Waals surface area contributed by atoms with E-state index < -0.39 is 0 Å². The Morgan fingerprint density at radius 1 is 0.950 bits per heavy atom. The third-order valence-electron chi connectivity index (χ3n) is 9.06.